The molecule has 0 amide bonds. The van der Waals surface area contributed by atoms with Gasteiger partial charge in [0.15, 0.2) is 0 Å². The highest BCUT2D eigenvalue weighted by Crippen LogP contribution is 2.26. The third kappa shape index (κ3) is 4.29. The Hall–Kier alpha value is -0.920. The van der Waals surface area contributed by atoms with E-state index in [2.05, 4.69) is 5.32 Å². The second-order valence-corrected chi connectivity index (χ2v) is 7.67. The van der Waals surface area contributed by atoms with Crippen LogP contribution in [0.1, 0.15) is 19.3 Å². The molecule has 1 fully saturated rings. The molecule has 0 aliphatic carbocycles. The van der Waals surface area contributed by atoms with Gasteiger partial charge in [-0.05, 0) is 36.8 Å². The van der Waals surface area contributed by atoms with Crippen molar-refractivity contribution in [3.63, 3.8) is 0 Å². The van der Waals surface area contributed by atoms with Crippen molar-refractivity contribution in [3.05, 3.63) is 18.2 Å². The predicted molar refractivity (Wildman–Crippen MR) is 80.8 cm³/mol. The highest BCUT2D eigenvalue weighted by molar-refractivity contribution is 7.99. The zero-order chi connectivity index (χ0) is 13.9. The van der Waals surface area contributed by atoms with Crippen molar-refractivity contribution in [1.82, 2.24) is 0 Å². The van der Waals surface area contributed by atoms with Crippen LogP contribution in [0.5, 0.6) is 0 Å². The molecule has 106 valence electrons. The summed E-state index contributed by atoms with van der Waals surface area (Å²) < 4.78 is 22.7. The van der Waals surface area contributed by atoms with Crippen LogP contribution in [0.2, 0.25) is 0 Å². The van der Waals surface area contributed by atoms with Crippen LogP contribution in [0.25, 0.3) is 0 Å². The summed E-state index contributed by atoms with van der Waals surface area (Å²) in [5, 5.41) is 8.94. The Morgan fingerprint density at radius 3 is 2.74 bits per heavy atom. The van der Waals surface area contributed by atoms with Gasteiger partial charge in [-0.2, -0.15) is 11.8 Å². The molecule has 0 saturated carbocycles. The fourth-order valence-electron chi connectivity index (χ4n) is 2.09. The quantitative estimate of drug-likeness (QED) is 0.734. The van der Waals surface area contributed by atoms with Crippen LogP contribution < -0.4 is 16.2 Å². The van der Waals surface area contributed by atoms with Gasteiger partial charge in [0, 0.05) is 23.2 Å². The molecular weight excluding hydrogens is 282 g/mol. The molecule has 5 N–H and O–H groups in total. The zero-order valence-corrected chi connectivity index (χ0v) is 12.3. The van der Waals surface area contributed by atoms with E-state index in [0.29, 0.717) is 16.6 Å². The van der Waals surface area contributed by atoms with Gasteiger partial charge in [-0.1, -0.05) is 6.42 Å². The molecule has 5 nitrogen and oxygen atoms in total. The van der Waals surface area contributed by atoms with Gasteiger partial charge in [-0.3, -0.25) is 0 Å². The summed E-state index contributed by atoms with van der Waals surface area (Å²) in [7, 11) is -3.72. The van der Waals surface area contributed by atoms with Crippen LogP contribution in [0, 0.1) is 0 Å². The summed E-state index contributed by atoms with van der Waals surface area (Å²) in [5.74, 6) is 1.20. The maximum Gasteiger partial charge on any atom is 0.238 e. The van der Waals surface area contributed by atoms with E-state index in [0.717, 1.165) is 6.54 Å². The van der Waals surface area contributed by atoms with Crippen LogP contribution in [-0.2, 0) is 10.0 Å². The molecule has 1 aliphatic rings. The van der Waals surface area contributed by atoms with Crippen LogP contribution in [0.3, 0.4) is 0 Å². The Balaban J connectivity index is 2.05. The normalized spacial score (nSPS) is 20.2. The molecule has 0 bridgehead atoms. The molecule has 1 saturated heterocycles. The molecule has 1 aromatic carbocycles. The minimum absolute atomic E-state index is 0.0475. The third-order valence-electron chi connectivity index (χ3n) is 3.07. The predicted octanol–water partition coefficient (Wildman–Crippen LogP) is 1.61. The molecular formula is C12H19N3O2S2. The molecule has 0 radical (unpaired) electrons. The maximum absolute atomic E-state index is 11.3. The molecule has 1 aliphatic heterocycles. The highest BCUT2D eigenvalue weighted by atomic mass is 32.2. The lowest BCUT2D eigenvalue weighted by atomic mass is 10.2. The van der Waals surface area contributed by atoms with E-state index < -0.39 is 10.0 Å². The first kappa shape index (κ1) is 14.5. The first-order valence-corrected chi connectivity index (χ1v) is 8.83. The number of primary sulfonamides is 1. The SMILES string of the molecule is Nc1cc(NCC2CCCCS2)cc(S(N)(=O)=O)c1. The number of thioether (sulfide) groups is 1. The first-order chi connectivity index (χ1) is 8.95. The lowest BCUT2D eigenvalue weighted by molar-refractivity contribution is 0.598. The van der Waals surface area contributed by atoms with Crippen LogP contribution in [0.15, 0.2) is 23.1 Å². The number of sulfonamides is 1. The van der Waals surface area contributed by atoms with Crippen molar-refractivity contribution in [3.8, 4) is 0 Å². The maximum atomic E-state index is 11.3. The summed E-state index contributed by atoms with van der Waals surface area (Å²) >= 11 is 1.96. The van der Waals surface area contributed by atoms with E-state index in [4.69, 9.17) is 10.9 Å². The first-order valence-electron chi connectivity index (χ1n) is 6.24. The molecule has 1 heterocycles. The fourth-order valence-corrected chi connectivity index (χ4v) is 3.92. The summed E-state index contributed by atoms with van der Waals surface area (Å²) in [6, 6.07) is 4.62. The summed E-state index contributed by atoms with van der Waals surface area (Å²) in [6.45, 7) is 0.818. The second-order valence-electron chi connectivity index (χ2n) is 4.71. The van der Waals surface area contributed by atoms with Gasteiger partial charge in [0.2, 0.25) is 10.0 Å². The minimum Gasteiger partial charge on any atom is -0.399 e. The number of rotatable bonds is 4. The van der Waals surface area contributed by atoms with Gasteiger partial charge in [-0.15, -0.1) is 0 Å². The van der Waals surface area contributed by atoms with Crippen molar-refractivity contribution in [2.45, 2.75) is 29.4 Å². The van der Waals surface area contributed by atoms with Crippen molar-refractivity contribution in [2.24, 2.45) is 5.14 Å². The molecule has 0 spiro atoms. The van der Waals surface area contributed by atoms with E-state index >= 15 is 0 Å². The Kier molecular flexibility index (Phi) is 4.59. The van der Waals surface area contributed by atoms with E-state index in [1.807, 2.05) is 11.8 Å². The smallest absolute Gasteiger partial charge is 0.238 e. The van der Waals surface area contributed by atoms with Crippen molar-refractivity contribution in [2.75, 3.05) is 23.3 Å². The van der Waals surface area contributed by atoms with E-state index in [-0.39, 0.29) is 4.90 Å². The summed E-state index contributed by atoms with van der Waals surface area (Å²) in [4.78, 5) is 0.0475. The van der Waals surface area contributed by atoms with Gasteiger partial charge in [-0.25, -0.2) is 13.6 Å². The number of hydrogen-bond donors (Lipinski definition) is 3. The monoisotopic (exact) mass is 301 g/mol. The van der Waals surface area contributed by atoms with E-state index in [1.165, 1.54) is 37.1 Å². The minimum atomic E-state index is -3.72. The van der Waals surface area contributed by atoms with Crippen molar-refractivity contribution >= 4 is 33.2 Å². The number of nitrogens with one attached hydrogen (secondary N) is 1. The molecule has 7 heteroatoms. The zero-order valence-electron chi connectivity index (χ0n) is 10.6. The number of nitrogens with two attached hydrogens (primary N) is 2. The van der Waals surface area contributed by atoms with Crippen LogP contribution >= 0.6 is 11.8 Å². The Morgan fingerprint density at radius 1 is 1.32 bits per heavy atom. The lowest BCUT2D eigenvalue weighted by Gasteiger charge is -2.22. The fraction of sp³-hybridized carbons (Fsp3) is 0.500. The Bertz CT molecular complexity index is 540. The van der Waals surface area contributed by atoms with E-state index in [1.54, 1.807) is 6.07 Å². The molecule has 1 unspecified atom stereocenters. The van der Waals surface area contributed by atoms with Gasteiger partial charge >= 0.3 is 0 Å². The average molecular weight is 301 g/mol. The topological polar surface area (TPSA) is 98.2 Å². The average Bonchev–Trinajstić information content (AvgIpc) is 2.36. The van der Waals surface area contributed by atoms with E-state index in [9.17, 15) is 8.42 Å². The van der Waals surface area contributed by atoms with Crippen LogP contribution in [-0.4, -0.2) is 26.0 Å². The van der Waals surface area contributed by atoms with Gasteiger partial charge in [0.1, 0.15) is 0 Å². The van der Waals surface area contributed by atoms with Crippen molar-refractivity contribution in [1.29, 1.82) is 0 Å². The Labute approximate surface area is 118 Å². The Morgan fingerprint density at radius 2 is 2.11 bits per heavy atom. The largest absolute Gasteiger partial charge is 0.399 e. The molecule has 19 heavy (non-hydrogen) atoms. The summed E-state index contributed by atoms with van der Waals surface area (Å²) in [5.41, 5.74) is 6.80. The molecule has 1 atom stereocenters. The van der Waals surface area contributed by atoms with Gasteiger partial charge in [0.05, 0.1) is 4.90 Å². The lowest BCUT2D eigenvalue weighted by Crippen LogP contribution is -2.20. The standard InChI is InChI=1S/C12H19N3O2S2/c13-9-5-10(7-12(6-9)19(14,16)17)15-8-11-3-1-2-4-18-11/h5-7,11,15H,1-4,8,13H2,(H2,14,16,17). The number of nitrogen functional groups attached to an aromatic ring is 1. The second kappa shape index (κ2) is 6.02. The van der Waals surface area contributed by atoms with Crippen LogP contribution in [0.4, 0.5) is 11.4 Å². The summed E-state index contributed by atoms with van der Waals surface area (Å²) in [6.07, 6.45) is 3.75. The number of hydrogen-bond acceptors (Lipinski definition) is 5. The van der Waals surface area contributed by atoms with Gasteiger partial charge in [0.25, 0.3) is 0 Å². The number of benzene rings is 1. The third-order valence-corrected chi connectivity index (χ3v) is 5.36. The molecule has 2 rings (SSSR count). The number of anilines is 2. The van der Waals surface area contributed by atoms with Crippen molar-refractivity contribution < 1.29 is 8.42 Å². The highest BCUT2D eigenvalue weighted by Gasteiger charge is 2.14. The van der Waals surface area contributed by atoms with Gasteiger partial charge < -0.3 is 11.1 Å². The molecule has 0 aromatic heterocycles. The molecule has 1 aromatic rings.